The Labute approximate surface area is 216 Å². The van der Waals surface area contributed by atoms with Crippen molar-refractivity contribution in [2.45, 2.75) is 19.3 Å². The lowest BCUT2D eigenvalue weighted by molar-refractivity contribution is 0.660. The fourth-order valence-corrected chi connectivity index (χ4v) is 6.61. The summed E-state index contributed by atoms with van der Waals surface area (Å²) in [6, 6.07) is 42.1. The van der Waals surface area contributed by atoms with Crippen LogP contribution < -0.4 is 0 Å². The van der Waals surface area contributed by atoms with E-state index < -0.39 is 0 Å². The lowest BCUT2D eigenvalue weighted by Crippen LogP contribution is -2.15. The van der Waals surface area contributed by atoms with E-state index >= 15 is 0 Å². The van der Waals surface area contributed by atoms with Crippen LogP contribution in [0.2, 0.25) is 0 Å². The first-order chi connectivity index (χ1) is 18.1. The average molecular weight is 475 g/mol. The van der Waals surface area contributed by atoms with Crippen molar-refractivity contribution >= 4 is 32.7 Å². The molecule has 0 aliphatic heterocycles. The zero-order chi connectivity index (χ0) is 24.7. The number of benzene rings is 5. The Morgan fingerprint density at radius 3 is 2.11 bits per heavy atom. The summed E-state index contributed by atoms with van der Waals surface area (Å²) in [7, 11) is 0. The Kier molecular flexibility index (Phi) is 4.03. The predicted octanol–water partition coefficient (Wildman–Crippen LogP) is 9.03. The highest BCUT2D eigenvalue weighted by molar-refractivity contribution is 6.21. The van der Waals surface area contributed by atoms with Gasteiger partial charge in [0.2, 0.25) is 0 Å². The summed E-state index contributed by atoms with van der Waals surface area (Å²) < 4.78 is 4.74. The van der Waals surface area contributed by atoms with Gasteiger partial charge in [-0.2, -0.15) is 0 Å². The van der Waals surface area contributed by atoms with Crippen molar-refractivity contribution in [2.24, 2.45) is 0 Å². The number of aromatic nitrogens is 2. The highest BCUT2D eigenvalue weighted by Gasteiger charge is 2.35. The predicted molar refractivity (Wildman–Crippen MR) is 155 cm³/mol. The first kappa shape index (κ1) is 20.6. The monoisotopic (exact) mass is 474 g/mol. The zero-order valence-electron chi connectivity index (χ0n) is 20.9. The van der Waals surface area contributed by atoms with Gasteiger partial charge in [0, 0.05) is 39.1 Å². The Morgan fingerprint density at radius 2 is 1.22 bits per heavy atom. The summed E-state index contributed by atoms with van der Waals surface area (Å²) in [4.78, 5) is 0. The Bertz CT molecular complexity index is 2000. The lowest BCUT2D eigenvalue weighted by atomic mass is 9.82. The van der Waals surface area contributed by atoms with Gasteiger partial charge in [0.25, 0.3) is 0 Å². The van der Waals surface area contributed by atoms with Gasteiger partial charge in [0.1, 0.15) is 0 Å². The van der Waals surface area contributed by atoms with E-state index in [9.17, 15) is 0 Å². The molecule has 7 aromatic rings. The maximum absolute atomic E-state index is 2.45. The molecule has 5 aromatic carbocycles. The van der Waals surface area contributed by atoms with Crippen molar-refractivity contribution in [1.29, 1.82) is 0 Å². The van der Waals surface area contributed by atoms with Crippen LogP contribution in [-0.2, 0) is 5.41 Å². The molecule has 0 spiro atoms. The number of hydrogen-bond acceptors (Lipinski definition) is 0. The van der Waals surface area contributed by atoms with Gasteiger partial charge in [-0.3, -0.25) is 0 Å². The van der Waals surface area contributed by atoms with Crippen LogP contribution in [0.5, 0.6) is 0 Å². The van der Waals surface area contributed by atoms with E-state index in [1.807, 2.05) is 0 Å². The van der Waals surface area contributed by atoms with Crippen molar-refractivity contribution < 1.29 is 0 Å². The van der Waals surface area contributed by atoms with Crippen molar-refractivity contribution in [1.82, 2.24) is 9.13 Å². The third kappa shape index (κ3) is 2.70. The fourth-order valence-electron chi connectivity index (χ4n) is 6.61. The van der Waals surface area contributed by atoms with Gasteiger partial charge in [-0.25, -0.2) is 0 Å². The molecule has 176 valence electrons. The normalized spacial score (nSPS) is 13.9. The van der Waals surface area contributed by atoms with Crippen molar-refractivity contribution in [3.05, 3.63) is 133 Å². The third-order valence-corrected chi connectivity index (χ3v) is 8.37. The van der Waals surface area contributed by atoms with E-state index in [0.717, 1.165) is 0 Å². The molecule has 2 heteroatoms. The molecule has 0 unspecified atom stereocenters. The lowest BCUT2D eigenvalue weighted by Gasteiger charge is -2.22. The van der Waals surface area contributed by atoms with Crippen LogP contribution in [-0.4, -0.2) is 9.13 Å². The Hall–Kier alpha value is -4.56. The molecule has 0 N–H and O–H groups in total. The Morgan fingerprint density at radius 1 is 0.514 bits per heavy atom. The molecular formula is C35H26N2. The molecule has 1 aliphatic carbocycles. The van der Waals surface area contributed by atoms with Gasteiger partial charge >= 0.3 is 0 Å². The van der Waals surface area contributed by atoms with E-state index in [4.69, 9.17) is 0 Å². The second kappa shape index (κ2) is 7.24. The zero-order valence-corrected chi connectivity index (χ0v) is 20.9. The van der Waals surface area contributed by atoms with E-state index in [0.29, 0.717) is 0 Å². The molecule has 0 amide bonds. The quantitative estimate of drug-likeness (QED) is 0.236. The second-order valence-corrected chi connectivity index (χ2v) is 10.7. The number of nitrogens with zero attached hydrogens (tertiary/aromatic N) is 2. The van der Waals surface area contributed by atoms with Crippen LogP contribution in [0.25, 0.3) is 55.2 Å². The summed E-state index contributed by atoms with van der Waals surface area (Å²) in [5, 5.41) is 3.88. The van der Waals surface area contributed by atoms with E-state index in [2.05, 4.69) is 144 Å². The summed E-state index contributed by atoms with van der Waals surface area (Å²) in [5.41, 5.74) is 11.6. The second-order valence-electron chi connectivity index (χ2n) is 10.7. The van der Waals surface area contributed by atoms with Crippen molar-refractivity contribution in [3.8, 4) is 22.5 Å². The molecule has 0 atom stereocenters. The largest absolute Gasteiger partial charge is 0.317 e. The number of rotatable bonds is 2. The van der Waals surface area contributed by atoms with Gasteiger partial charge in [-0.15, -0.1) is 0 Å². The third-order valence-electron chi connectivity index (χ3n) is 8.37. The molecule has 0 saturated heterocycles. The van der Waals surface area contributed by atoms with Crippen LogP contribution in [0, 0.1) is 0 Å². The van der Waals surface area contributed by atoms with Crippen LogP contribution in [0.3, 0.4) is 0 Å². The smallest absolute Gasteiger partial charge is 0.0548 e. The molecule has 0 saturated carbocycles. The maximum Gasteiger partial charge on any atom is 0.0548 e. The van der Waals surface area contributed by atoms with Gasteiger partial charge in [0.05, 0.1) is 16.6 Å². The molecule has 2 heterocycles. The molecule has 0 fully saturated rings. The topological polar surface area (TPSA) is 9.86 Å². The number of para-hydroxylation sites is 2. The minimum absolute atomic E-state index is 0.0269. The van der Waals surface area contributed by atoms with Gasteiger partial charge in [0.15, 0.2) is 0 Å². The minimum atomic E-state index is -0.0269. The highest BCUT2D eigenvalue weighted by atomic mass is 15.0. The molecule has 1 aliphatic rings. The Balaban J connectivity index is 1.41. The molecule has 2 aromatic heterocycles. The summed E-state index contributed by atoms with van der Waals surface area (Å²) in [6.45, 7) is 4.70. The molecular weight excluding hydrogens is 448 g/mol. The summed E-state index contributed by atoms with van der Waals surface area (Å²) in [5.74, 6) is 0. The fraction of sp³-hybridized carbons (Fsp3) is 0.0857. The van der Waals surface area contributed by atoms with Crippen LogP contribution in [0.4, 0.5) is 0 Å². The highest BCUT2D eigenvalue weighted by Crippen LogP contribution is 2.49. The first-order valence-corrected chi connectivity index (χ1v) is 13.0. The molecule has 0 radical (unpaired) electrons. The first-order valence-electron chi connectivity index (χ1n) is 13.0. The molecule has 2 nitrogen and oxygen atoms in total. The van der Waals surface area contributed by atoms with E-state index in [-0.39, 0.29) is 5.41 Å². The molecule has 8 rings (SSSR count). The number of hydrogen-bond donors (Lipinski definition) is 0. The average Bonchev–Trinajstić information content (AvgIpc) is 3.58. The van der Waals surface area contributed by atoms with Gasteiger partial charge < -0.3 is 9.13 Å². The van der Waals surface area contributed by atoms with Gasteiger partial charge in [-0.1, -0.05) is 80.6 Å². The number of fused-ring (bicyclic) bond motifs is 8. The summed E-state index contributed by atoms with van der Waals surface area (Å²) in [6.07, 6.45) is 2.20. The van der Waals surface area contributed by atoms with Crippen LogP contribution in [0.15, 0.2) is 121 Å². The van der Waals surface area contributed by atoms with E-state index in [1.165, 1.54) is 66.3 Å². The summed E-state index contributed by atoms with van der Waals surface area (Å²) >= 11 is 0. The minimum Gasteiger partial charge on any atom is -0.317 e. The van der Waals surface area contributed by atoms with Crippen LogP contribution >= 0.6 is 0 Å². The molecule has 0 bridgehead atoms. The van der Waals surface area contributed by atoms with Crippen LogP contribution in [0.1, 0.15) is 25.0 Å². The SMILES string of the molecule is CC1(C)c2ccccc2-c2ccc(-n3c4ccccc4c4c5ccn(-c6ccccc6)c5ccc43)cc21. The molecule has 37 heavy (non-hydrogen) atoms. The van der Waals surface area contributed by atoms with E-state index in [1.54, 1.807) is 0 Å². The maximum atomic E-state index is 2.45. The van der Waals surface area contributed by atoms with Crippen molar-refractivity contribution in [3.63, 3.8) is 0 Å². The standard InChI is InChI=1S/C35H26N2/c1-35(2)29-14-8-6-12-25(29)26-17-16-24(22-30(26)35)37-32-15-9-7-13-27(32)34-28-20-21-36(23-10-4-3-5-11-23)31(28)18-19-33(34)37/h3-22H,1-2H3. The van der Waals surface area contributed by atoms with Crippen molar-refractivity contribution in [2.75, 3.05) is 0 Å². The van der Waals surface area contributed by atoms with Gasteiger partial charge in [-0.05, 0) is 70.8 Å².